The van der Waals surface area contributed by atoms with Crippen LogP contribution in [0.1, 0.15) is 29.1 Å². The van der Waals surface area contributed by atoms with Crippen LogP contribution in [0.4, 0.5) is 0 Å². The van der Waals surface area contributed by atoms with E-state index in [-0.39, 0.29) is 5.76 Å². The Hall–Kier alpha value is -1.36. The molecule has 2 rings (SSSR count). The highest BCUT2D eigenvalue weighted by molar-refractivity contribution is 5.86. The van der Waals surface area contributed by atoms with Crippen molar-refractivity contribution < 1.29 is 14.1 Å². The Morgan fingerprint density at radius 2 is 2.57 bits per heavy atom. The van der Waals surface area contributed by atoms with Gasteiger partial charge in [-0.05, 0) is 6.92 Å². The van der Waals surface area contributed by atoms with Crippen LogP contribution in [-0.2, 0) is 4.74 Å². The van der Waals surface area contributed by atoms with Crippen LogP contribution >= 0.6 is 0 Å². The van der Waals surface area contributed by atoms with E-state index in [0.717, 1.165) is 18.8 Å². The number of rotatable bonds is 3. The van der Waals surface area contributed by atoms with E-state index in [4.69, 9.17) is 9.26 Å². The van der Waals surface area contributed by atoms with E-state index in [1.54, 1.807) is 13.0 Å². The Kier molecular flexibility index (Phi) is 2.49. The fourth-order valence-electron chi connectivity index (χ4n) is 1.28. The van der Waals surface area contributed by atoms with Crippen LogP contribution < -0.4 is 5.32 Å². The van der Waals surface area contributed by atoms with Gasteiger partial charge in [-0.25, -0.2) is 4.79 Å². The molecule has 1 aromatic rings. The van der Waals surface area contributed by atoms with Gasteiger partial charge in [0.25, 0.3) is 0 Å². The van der Waals surface area contributed by atoms with Crippen LogP contribution in [-0.4, -0.2) is 30.8 Å². The number of aromatic nitrogens is 1. The first kappa shape index (κ1) is 9.21. The summed E-state index contributed by atoms with van der Waals surface area (Å²) in [5, 5.41) is 6.95. The largest absolute Gasteiger partial charge is 0.460 e. The number of nitrogens with one attached hydrogen (secondary N) is 1. The minimum Gasteiger partial charge on any atom is -0.460 e. The fourth-order valence-corrected chi connectivity index (χ4v) is 1.28. The zero-order chi connectivity index (χ0) is 9.97. The van der Waals surface area contributed by atoms with Crippen molar-refractivity contribution >= 4 is 5.97 Å². The first-order valence-corrected chi connectivity index (χ1v) is 4.65. The molecule has 14 heavy (non-hydrogen) atoms. The monoisotopic (exact) mass is 196 g/mol. The maximum Gasteiger partial charge on any atom is 0.377 e. The second-order valence-electron chi connectivity index (χ2n) is 3.19. The van der Waals surface area contributed by atoms with Crippen molar-refractivity contribution in [1.82, 2.24) is 10.5 Å². The molecule has 76 valence electrons. The molecule has 1 fully saturated rings. The van der Waals surface area contributed by atoms with Crippen molar-refractivity contribution in [3.05, 3.63) is 17.5 Å². The van der Waals surface area contributed by atoms with Gasteiger partial charge in [-0.15, -0.1) is 0 Å². The van der Waals surface area contributed by atoms with E-state index in [9.17, 15) is 4.79 Å². The third kappa shape index (κ3) is 1.63. The Bertz CT molecular complexity index is 331. The van der Waals surface area contributed by atoms with E-state index in [2.05, 4.69) is 10.5 Å². The van der Waals surface area contributed by atoms with E-state index in [0.29, 0.717) is 12.5 Å². The third-order valence-electron chi connectivity index (χ3n) is 2.20. The summed E-state index contributed by atoms with van der Waals surface area (Å²) in [5.41, 5.74) is 0.826. The first-order valence-electron chi connectivity index (χ1n) is 4.65. The molecule has 0 aliphatic carbocycles. The average Bonchev–Trinajstić information content (AvgIpc) is 2.50. The lowest BCUT2D eigenvalue weighted by Gasteiger charge is -2.24. The molecule has 5 nitrogen and oxygen atoms in total. The summed E-state index contributed by atoms with van der Waals surface area (Å²) in [4.78, 5) is 11.2. The molecule has 0 amide bonds. The van der Waals surface area contributed by atoms with E-state index >= 15 is 0 Å². The molecule has 1 N–H and O–H groups in total. The molecule has 0 atom stereocenters. The summed E-state index contributed by atoms with van der Waals surface area (Å²) in [5.74, 6) is 0.120. The van der Waals surface area contributed by atoms with Gasteiger partial charge in [-0.3, -0.25) is 0 Å². The van der Waals surface area contributed by atoms with E-state index in [1.165, 1.54) is 0 Å². The number of hydrogen-bond donors (Lipinski definition) is 1. The van der Waals surface area contributed by atoms with Crippen molar-refractivity contribution in [3.8, 4) is 0 Å². The molecule has 1 aliphatic heterocycles. The molecule has 0 saturated carbocycles. The molecule has 0 radical (unpaired) electrons. The van der Waals surface area contributed by atoms with Gasteiger partial charge in [0.1, 0.15) is 0 Å². The van der Waals surface area contributed by atoms with Gasteiger partial charge in [-0.2, -0.15) is 0 Å². The number of carbonyl (C=O) groups excluding carboxylic acids is 1. The lowest BCUT2D eigenvalue weighted by Crippen LogP contribution is -2.40. The summed E-state index contributed by atoms with van der Waals surface area (Å²) in [6.45, 7) is 3.90. The maximum atomic E-state index is 11.2. The first-order chi connectivity index (χ1) is 6.81. The zero-order valence-corrected chi connectivity index (χ0v) is 7.95. The standard InChI is InChI=1S/C9H12N2O3/c1-2-13-9(12)8-3-7(11-14-8)6-4-10-5-6/h3,6,10H,2,4-5H2,1H3. The predicted octanol–water partition coefficient (Wildman–Crippen LogP) is 0.538. The van der Waals surface area contributed by atoms with Crippen LogP contribution in [0.15, 0.2) is 10.6 Å². The van der Waals surface area contributed by atoms with Crippen LogP contribution in [0, 0.1) is 0 Å². The molecule has 2 heterocycles. The van der Waals surface area contributed by atoms with Gasteiger partial charge in [-0.1, -0.05) is 5.16 Å². The highest BCUT2D eigenvalue weighted by atomic mass is 16.6. The van der Waals surface area contributed by atoms with Crippen molar-refractivity contribution in [3.63, 3.8) is 0 Å². The minimum absolute atomic E-state index is 0.189. The molecule has 1 aromatic heterocycles. The number of ether oxygens (including phenoxy) is 1. The highest BCUT2D eigenvalue weighted by Crippen LogP contribution is 2.19. The second-order valence-corrected chi connectivity index (χ2v) is 3.19. The van der Waals surface area contributed by atoms with Crippen molar-refractivity contribution in [1.29, 1.82) is 0 Å². The van der Waals surface area contributed by atoms with Crippen molar-refractivity contribution in [2.24, 2.45) is 0 Å². The summed E-state index contributed by atoms with van der Waals surface area (Å²) < 4.78 is 9.67. The Balaban J connectivity index is 2.05. The van der Waals surface area contributed by atoms with Gasteiger partial charge in [0.2, 0.25) is 5.76 Å². The normalized spacial score (nSPS) is 16.4. The van der Waals surface area contributed by atoms with Gasteiger partial charge in [0.05, 0.1) is 12.3 Å². The second kappa shape index (κ2) is 3.79. The van der Waals surface area contributed by atoms with Crippen molar-refractivity contribution in [2.45, 2.75) is 12.8 Å². The quantitative estimate of drug-likeness (QED) is 0.715. The lowest BCUT2D eigenvalue weighted by molar-refractivity contribution is 0.0479. The number of carbonyl (C=O) groups is 1. The summed E-state index contributed by atoms with van der Waals surface area (Å²) >= 11 is 0. The molecule has 0 spiro atoms. The lowest BCUT2D eigenvalue weighted by atomic mass is 9.99. The minimum atomic E-state index is -0.446. The molecule has 1 aliphatic rings. The molecule has 5 heteroatoms. The molecular formula is C9H12N2O3. The van der Waals surface area contributed by atoms with Crippen LogP contribution in [0.25, 0.3) is 0 Å². The van der Waals surface area contributed by atoms with Gasteiger partial charge >= 0.3 is 5.97 Å². The van der Waals surface area contributed by atoms with Crippen LogP contribution in [0.5, 0.6) is 0 Å². The number of esters is 1. The maximum absolute atomic E-state index is 11.2. The number of nitrogens with zero attached hydrogens (tertiary/aromatic N) is 1. The fraction of sp³-hybridized carbons (Fsp3) is 0.556. The molecule has 0 bridgehead atoms. The SMILES string of the molecule is CCOC(=O)c1cc(C2CNC2)no1. The third-order valence-corrected chi connectivity index (χ3v) is 2.20. The van der Waals surface area contributed by atoms with E-state index < -0.39 is 5.97 Å². The molecule has 0 aromatic carbocycles. The summed E-state index contributed by atoms with van der Waals surface area (Å²) in [7, 11) is 0. The summed E-state index contributed by atoms with van der Waals surface area (Å²) in [6.07, 6.45) is 0. The van der Waals surface area contributed by atoms with Gasteiger partial charge < -0.3 is 14.6 Å². The smallest absolute Gasteiger partial charge is 0.377 e. The average molecular weight is 196 g/mol. The van der Waals surface area contributed by atoms with Gasteiger partial charge in [0, 0.05) is 25.1 Å². The molecule has 1 saturated heterocycles. The van der Waals surface area contributed by atoms with Crippen LogP contribution in [0.2, 0.25) is 0 Å². The topological polar surface area (TPSA) is 64.4 Å². The Morgan fingerprint density at radius 1 is 1.79 bits per heavy atom. The summed E-state index contributed by atoms with van der Waals surface area (Å²) in [6, 6.07) is 1.66. The molecule has 0 unspecified atom stereocenters. The van der Waals surface area contributed by atoms with Gasteiger partial charge in [0.15, 0.2) is 0 Å². The molecular weight excluding hydrogens is 184 g/mol. The Morgan fingerprint density at radius 3 is 3.14 bits per heavy atom. The van der Waals surface area contributed by atoms with Crippen LogP contribution in [0.3, 0.4) is 0 Å². The number of hydrogen-bond acceptors (Lipinski definition) is 5. The van der Waals surface area contributed by atoms with E-state index in [1.807, 2.05) is 0 Å². The predicted molar refractivity (Wildman–Crippen MR) is 48.1 cm³/mol. The highest BCUT2D eigenvalue weighted by Gasteiger charge is 2.24. The Labute approximate surface area is 81.4 Å². The zero-order valence-electron chi connectivity index (χ0n) is 7.95. The van der Waals surface area contributed by atoms with Crippen molar-refractivity contribution in [2.75, 3.05) is 19.7 Å².